The van der Waals surface area contributed by atoms with Crippen molar-refractivity contribution in [2.24, 2.45) is 7.05 Å². The van der Waals surface area contributed by atoms with Crippen LogP contribution in [0.25, 0.3) is 11.0 Å². The number of aromatic nitrogens is 4. The van der Waals surface area contributed by atoms with Crippen LogP contribution in [-0.2, 0) is 19.9 Å². The Balaban J connectivity index is 1.81. The van der Waals surface area contributed by atoms with E-state index in [2.05, 4.69) is 22.2 Å². The molecule has 0 amide bonds. The van der Waals surface area contributed by atoms with Crippen LogP contribution < -0.4 is 5.56 Å². The monoisotopic (exact) mass is 266 g/mol. The lowest BCUT2D eigenvalue weighted by atomic mass is 10.1. The molecule has 0 N–H and O–H groups in total. The Morgan fingerprint density at radius 1 is 1.20 bits per heavy atom. The Bertz CT molecular complexity index is 837. The Labute approximate surface area is 115 Å². The minimum Gasteiger partial charge on any atom is -0.295 e. The molecule has 5 heteroatoms. The summed E-state index contributed by atoms with van der Waals surface area (Å²) in [4.78, 5) is 16.9. The first-order valence-corrected chi connectivity index (χ1v) is 6.69. The maximum Gasteiger partial charge on any atom is 0.264 e. The van der Waals surface area contributed by atoms with E-state index in [1.54, 1.807) is 28.8 Å². The summed E-state index contributed by atoms with van der Waals surface area (Å²) in [5.41, 5.74) is 3.30. The van der Waals surface area contributed by atoms with E-state index in [9.17, 15) is 4.79 Å². The molecule has 0 bridgehead atoms. The topological polar surface area (TPSA) is 52.7 Å². The van der Waals surface area contributed by atoms with Crippen LogP contribution in [0.1, 0.15) is 17.2 Å². The van der Waals surface area contributed by atoms with E-state index < -0.39 is 0 Å². The first kappa shape index (κ1) is 11.4. The van der Waals surface area contributed by atoms with Gasteiger partial charge in [-0.25, -0.2) is 4.98 Å². The van der Waals surface area contributed by atoms with Gasteiger partial charge in [0.25, 0.3) is 5.56 Å². The van der Waals surface area contributed by atoms with Gasteiger partial charge in [0.2, 0.25) is 0 Å². The quantitative estimate of drug-likeness (QED) is 0.670. The molecule has 1 aliphatic rings. The number of nitrogens with zero attached hydrogens (tertiary/aromatic N) is 4. The molecule has 5 nitrogen and oxygen atoms in total. The fraction of sp³-hybridized carbons (Fsp3) is 0.267. The highest BCUT2D eigenvalue weighted by molar-refractivity contribution is 5.72. The standard InChI is InChI=1S/C15H14N4O/c1-18-14-13(8-17-18)15(20)19(9-16-14)12-6-10-4-2-3-5-11(10)7-12/h2-5,8-9,12H,6-7H2,1H3. The molecular formula is C15H14N4O. The molecule has 0 saturated carbocycles. The highest BCUT2D eigenvalue weighted by atomic mass is 16.1. The molecule has 0 unspecified atom stereocenters. The first-order valence-electron chi connectivity index (χ1n) is 6.69. The average molecular weight is 266 g/mol. The van der Waals surface area contributed by atoms with Crippen molar-refractivity contribution < 1.29 is 0 Å². The SMILES string of the molecule is Cn1ncc2c(=O)n(C3Cc4ccccc4C3)cnc21. The van der Waals surface area contributed by atoms with Crippen LogP contribution in [0.5, 0.6) is 0 Å². The number of rotatable bonds is 1. The second kappa shape index (κ2) is 4.03. The van der Waals surface area contributed by atoms with Crippen LogP contribution in [0.15, 0.2) is 41.6 Å². The smallest absolute Gasteiger partial charge is 0.264 e. The molecule has 100 valence electrons. The molecule has 1 aliphatic carbocycles. The van der Waals surface area contributed by atoms with Gasteiger partial charge >= 0.3 is 0 Å². The van der Waals surface area contributed by atoms with E-state index >= 15 is 0 Å². The molecule has 0 atom stereocenters. The Morgan fingerprint density at radius 2 is 1.90 bits per heavy atom. The summed E-state index contributed by atoms with van der Waals surface area (Å²) in [7, 11) is 1.80. The van der Waals surface area contributed by atoms with Gasteiger partial charge in [-0.05, 0) is 24.0 Å². The first-order chi connectivity index (χ1) is 9.74. The third-order valence-corrected chi connectivity index (χ3v) is 4.10. The molecule has 2 aromatic heterocycles. The summed E-state index contributed by atoms with van der Waals surface area (Å²) in [6.07, 6.45) is 5.04. The van der Waals surface area contributed by atoms with Gasteiger partial charge in [-0.3, -0.25) is 14.0 Å². The molecule has 0 spiro atoms. The summed E-state index contributed by atoms with van der Waals surface area (Å²) < 4.78 is 3.38. The minimum absolute atomic E-state index is 0.000839. The number of benzene rings is 1. The van der Waals surface area contributed by atoms with Crippen LogP contribution in [0, 0.1) is 0 Å². The van der Waals surface area contributed by atoms with Crippen molar-refractivity contribution in [1.29, 1.82) is 0 Å². The lowest BCUT2D eigenvalue weighted by Crippen LogP contribution is -2.25. The summed E-state index contributed by atoms with van der Waals surface area (Å²) in [5, 5.41) is 4.69. The molecule has 1 aromatic carbocycles. The van der Waals surface area contributed by atoms with Crippen molar-refractivity contribution >= 4 is 11.0 Å². The Hall–Kier alpha value is -2.43. The van der Waals surface area contributed by atoms with Crippen molar-refractivity contribution in [3.8, 4) is 0 Å². The fourth-order valence-corrected chi connectivity index (χ4v) is 3.04. The van der Waals surface area contributed by atoms with Gasteiger partial charge in [0, 0.05) is 13.1 Å². The zero-order valence-corrected chi connectivity index (χ0v) is 11.2. The van der Waals surface area contributed by atoms with Crippen LogP contribution in [0.4, 0.5) is 0 Å². The second-order valence-corrected chi connectivity index (χ2v) is 5.29. The average Bonchev–Trinajstić information content (AvgIpc) is 3.04. The summed E-state index contributed by atoms with van der Waals surface area (Å²) >= 11 is 0. The number of hydrogen-bond acceptors (Lipinski definition) is 3. The second-order valence-electron chi connectivity index (χ2n) is 5.29. The number of fused-ring (bicyclic) bond motifs is 2. The van der Waals surface area contributed by atoms with E-state index in [0.717, 1.165) is 12.8 Å². The molecular weight excluding hydrogens is 252 g/mol. The predicted molar refractivity (Wildman–Crippen MR) is 75.7 cm³/mol. The van der Waals surface area contributed by atoms with Crippen molar-refractivity contribution in [2.45, 2.75) is 18.9 Å². The molecule has 0 radical (unpaired) electrons. The number of hydrogen-bond donors (Lipinski definition) is 0. The van der Waals surface area contributed by atoms with E-state index in [-0.39, 0.29) is 11.6 Å². The highest BCUT2D eigenvalue weighted by Crippen LogP contribution is 2.29. The van der Waals surface area contributed by atoms with Crippen LogP contribution >= 0.6 is 0 Å². The zero-order valence-electron chi connectivity index (χ0n) is 11.2. The van der Waals surface area contributed by atoms with Gasteiger partial charge in [-0.2, -0.15) is 5.10 Å². The summed E-state index contributed by atoms with van der Waals surface area (Å²) in [6.45, 7) is 0. The van der Waals surface area contributed by atoms with Gasteiger partial charge in [0.05, 0.1) is 6.20 Å². The molecule has 4 rings (SSSR count). The van der Waals surface area contributed by atoms with E-state index in [4.69, 9.17) is 0 Å². The third-order valence-electron chi connectivity index (χ3n) is 4.10. The lowest BCUT2D eigenvalue weighted by Gasteiger charge is -2.12. The van der Waals surface area contributed by atoms with Gasteiger partial charge in [-0.15, -0.1) is 0 Å². The Morgan fingerprint density at radius 3 is 2.60 bits per heavy atom. The van der Waals surface area contributed by atoms with E-state index in [1.165, 1.54) is 11.1 Å². The molecule has 3 aromatic rings. The van der Waals surface area contributed by atoms with Crippen molar-refractivity contribution in [2.75, 3.05) is 0 Å². The Kier molecular flexibility index (Phi) is 2.30. The predicted octanol–water partition coefficient (Wildman–Crippen LogP) is 1.47. The fourth-order valence-electron chi connectivity index (χ4n) is 3.04. The molecule has 0 aliphatic heterocycles. The molecule has 0 fully saturated rings. The summed E-state index contributed by atoms with van der Waals surface area (Å²) in [5.74, 6) is 0. The molecule has 2 heterocycles. The normalized spacial score (nSPS) is 14.8. The summed E-state index contributed by atoms with van der Waals surface area (Å²) in [6, 6.07) is 8.53. The lowest BCUT2D eigenvalue weighted by molar-refractivity contribution is 0.508. The highest BCUT2D eigenvalue weighted by Gasteiger charge is 2.24. The zero-order chi connectivity index (χ0) is 13.7. The van der Waals surface area contributed by atoms with Gasteiger partial charge in [0.15, 0.2) is 5.65 Å². The van der Waals surface area contributed by atoms with Crippen LogP contribution in [0.2, 0.25) is 0 Å². The van der Waals surface area contributed by atoms with Gasteiger partial charge < -0.3 is 0 Å². The van der Waals surface area contributed by atoms with Crippen molar-refractivity contribution in [3.05, 3.63) is 58.3 Å². The van der Waals surface area contributed by atoms with Gasteiger partial charge in [0.1, 0.15) is 11.7 Å². The van der Waals surface area contributed by atoms with Crippen LogP contribution in [0.3, 0.4) is 0 Å². The van der Waals surface area contributed by atoms with Crippen LogP contribution in [-0.4, -0.2) is 19.3 Å². The largest absolute Gasteiger partial charge is 0.295 e. The van der Waals surface area contributed by atoms with Crippen molar-refractivity contribution in [3.63, 3.8) is 0 Å². The van der Waals surface area contributed by atoms with E-state index in [1.807, 2.05) is 12.1 Å². The number of aryl methyl sites for hydroxylation is 1. The van der Waals surface area contributed by atoms with Crippen molar-refractivity contribution in [1.82, 2.24) is 19.3 Å². The molecule has 20 heavy (non-hydrogen) atoms. The minimum atomic E-state index is 0.000839. The van der Waals surface area contributed by atoms with E-state index in [0.29, 0.717) is 11.0 Å². The third kappa shape index (κ3) is 1.52. The maximum absolute atomic E-state index is 12.5. The molecule has 0 saturated heterocycles. The maximum atomic E-state index is 12.5. The van der Waals surface area contributed by atoms with Gasteiger partial charge in [-0.1, -0.05) is 24.3 Å².